The molecule has 1 unspecified atom stereocenters. The third-order valence-electron chi connectivity index (χ3n) is 4.45. The average molecular weight is 252 g/mol. The summed E-state index contributed by atoms with van der Waals surface area (Å²) in [5.74, 6) is 0. The maximum Gasteiger partial charge on any atom is 0.0359 e. The van der Waals surface area contributed by atoms with Crippen LogP contribution in [0.1, 0.15) is 58.8 Å². The van der Waals surface area contributed by atoms with E-state index in [9.17, 15) is 0 Å². The molecule has 0 aromatic rings. The first-order chi connectivity index (χ1) is 8.53. The van der Waals surface area contributed by atoms with Crippen LogP contribution in [0.15, 0.2) is 12.2 Å². The molecule has 0 saturated heterocycles. The fourth-order valence-electron chi connectivity index (χ4n) is 3.39. The minimum atomic E-state index is 0.340. The highest BCUT2D eigenvalue weighted by Crippen LogP contribution is 2.37. The Morgan fingerprint density at radius 2 is 1.89 bits per heavy atom. The molecule has 0 radical (unpaired) electrons. The molecule has 0 spiro atoms. The Bertz CT molecular complexity index is 252. The lowest BCUT2D eigenvalue weighted by Crippen LogP contribution is -2.60. The summed E-state index contributed by atoms with van der Waals surface area (Å²) in [6.45, 7) is 9.65. The summed E-state index contributed by atoms with van der Waals surface area (Å²) in [6.07, 6.45) is 9.12. The van der Waals surface area contributed by atoms with Crippen molar-refractivity contribution < 1.29 is 0 Å². The third-order valence-corrected chi connectivity index (χ3v) is 4.45. The van der Waals surface area contributed by atoms with Gasteiger partial charge in [0, 0.05) is 11.6 Å². The van der Waals surface area contributed by atoms with Crippen molar-refractivity contribution in [3.8, 4) is 0 Å². The van der Waals surface area contributed by atoms with Gasteiger partial charge in [-0.15, -0.1) is 6.58 Å². The summed E-state index contributed by atoms with van der Waals surface area (Å²) in [5.41, 5.74) is 1.64. The fourth-order valence-corrected chi connectivity index (χ4v) is 3.39. The van der Waals surface area contributed by atoms with E-state index >= 15 is 0 Å². The molecule has 1 atom stereocenters. The van der Waals surface area contributed by atoms with Crippen molar-refractivity contribution in [1.29, 1.82) is 0 Å². The lowest BCUT2D eigenvalue weighted by Gasteiger charge is -2.49. The van der Waals surface area contributed by atoms with Gasteiger partial charge in [0.1, 0.15) is 0 Å². The minimum absolute atomic E-state index is 0.340. The molecular weight excluding hydrogens is 220 g/mol. The summed E-state index contributed by atoms with van der Waals surface area (Å²) in [7, 11) is 4.51. The zero-order valence-corrected chi connectivity index (χ0v) is 12.9. The largest absolute Gasteiger partial charge is 0.312 e. The maximum atomic E-state index is 4.13. The number of rotatable bonds is 7. The number of hydrogen-bond donors (Lipinski definition) is 1. The quantitative estimate of drug-likeness (QED) is 0.697. The van der Waals surface area contributed by atoms with Crippen molar-refractivity contribution in [3.63, 3.8) is 0 Å². The van der Waals surface area contributed by atoms with Crippen LogP contribution >= 0.6 is 0 Å². The van der Waals surface area contributed by atoms with E-state index in [1.807, 2.05) is 0 Å². The smallest absolute Gasteiger partial charge is 0.0359 e. The van der Waals surface area contributed by atoms with Crippen LogP contribution in [0.4, 0.5) is 0 Å². The molecular formula is C16H32N2. The van der Waals surface area contributed by atoms with Crippen molar-refractivity contribution in [2.45, 2.75) is 70.4 Å². The van der Waals surface area contributed by atoms with Crippen LogP contribution in [0.5, 0.6) is 0 Å². The predicted molar refractivity (Wildman–Crippen MR) is 81.0 cm³/mol. The highest BCUT2D eigenvalue weighted by Gasteiger charge is 2.41. The van der Waals surface area contributed by atoms with Gasteiger partial charge in [-0.2, -0.15) is 0 Å². The molecule has 1 fully saturated rings. The first-order valence-electron chi connectivity index (χ1n) is 7.58. The normalized spacial score (nSPS) is 20.9. The minimum Gasteiger partial charge on any atom is -0.312 e. The Hall–Kier alpha value is -0.340. The highest BCUT2D eigenvalue weighted by molar-refractivity contribution is 5.06. The molecule has 0 amide bonds. The first kappa shape index (κ1) is 15.7. The van der Waals surface area contributed by atoms with Gasteiger partial charge < -0.3 is 10.2 Å². The van der Waals surface area contributed by atoms with E-state index in [-0.39, 0.29) is 0 Å². The van der Waals surface area contributed by atoms with Gasteiger partial charge in [0.2, 0.25) is 0 Å². The average Bonchev–Trinajstić information content (AvgIpc) is 2.34. The van der Waals surface area contributed by atoms with E-state index in [1.165, 1.54) is 44.1 Å². The summed E-state index contributed by atoms with van der Waals surface area (Å²) in [5, 5.41) is 3.79. The van der Waals surface area contributed by atoms with Gasteiger partial charge in [-0.1, -0.05) is 31.8 Å². The zero-order valence-electron chi connectivity index (χ0n) is 12.9. The van der Waals surface area contributed by atoms with Gasteiger partial charge in [-0.3, -0.25) is 0 Å². The van der Waals surface area contributed by atoms with Crippen molar-refractivity contribution in [2.75, 3.05) is 20.6 Å². The Balaban J connectivity index is 2.84. The number of nitrogens with zero attached hydrogens (tertiary/aromatic N) is 1. The second kappa shape index (κ2) is 7.30. The van der Waals surface area contributed by atoms with Gasteiger partial charge in [-0.05, 0) is 53.2 Å². The van der Waals surface area contributed by atoms with Gasteiger partial charge in [0.15, 0.2) is 0 Å². The van der Waals surface area contributed by atoms with Crippen molar-refractivity contribution in [3.05, 3.63) is 12.2 Å². The van der Waals surface area contributed by atoms with Crippen LogP contribution in [0, 0.1) is 0 Å². The molecule has 0 heterocycles. The molecule has 106 valence electrons. The van der Waals surface area contributed by atoms with Crippen LogP contribution in [-0.4, -0.2) is 37.1 Å². The summed E-state index contributed by atoms with van der Waals surface area (Å²) in [6, 6.07) is 0.560. The maximum absolute atomic E-state index is 4.13. The monoisotopic (exact) mass is 252 g/mol. The summed E-state index contributed by atoms with van der Waals surface area (Å²) >= 11 is 0. The van der Waals surface area contributed by atoms with Crippen molar-refractivity contribution >= 4 is 0 Å². The summed E-state index contributed by atoms with van der Waals surface area (Å²) in [4.78, 5) is 2.47. The lowest BCUT2D eigenvalue weighted by molar-refractivity contribution is 0.0569. The van der Waals surface area contributed by atoms with Crippen LogP contribution < -0.4 is 5.32 Å². The number of hydrogen-bond acceptors (Lipinski definition) is 2. The van der Waals surface area contributed by atoms with E-state index in [1.54, 1.807) is 0 Å². The van der Waals surface area contributed by atoms with Gasteiger partial charge in [0.25, 0.3) is 0 Å². The Kier molecular flexibility index (Phi) is 6.37. The fraction of sp³-hybridized carbons (Fsp3) is 0.875. The Morgan fingerprint density at radius 3 is 2.33 bits per heavy atom. The molecule has 0 aromatic carbocycles. The molecule has 18 heavy (non-hydrogen) atoms. The molecule has 2 heteroatoms. The molecule has 1 saturated carbocycles. The molecule has 2 nitrogen and oxygen atoms in total. The second-order valence-corrected chi connectivity index (χ2v) is 6.23. The molecule has 1 N–H and O–H groups in total. The van der Waals surface area contributed by atoms with Gasteiger partial charge in [-0.25, -0.2) is 0 Å². The lowest BCUT2D eigenvalue weighted by atomic mass is 9.73. The van der Waals surface area contributed by atoms with Crippen molar-refractivity contribution in [1.82, 2.24) is 10.2 Å². The van der Waals surface area contributed by atoms with E-state index < -0.39 is 0 Å². The van der Waals surface area contributed by atoms with Crippen molar-refractivity contribution in [2.24, 2.45) is 0 Å². The molecule has 1 rings (SSSR count). The number of likely N-dealkylation sites (N-methyl/N-ethyl adjacent to an activating group) is 1. The number of nitrogens with one attached hydrogen (secondary N) is 1. The van der Waals surface area contributed by atoms with Crippen LogP contribution in [0.2, 0.25) is 0 Å². The molecule has 0 aromatic heterocycles. The zero-order chi connectivity index (χ0) is 13.6. The van der Waals surface area contributed by atoms with E-state index in [0.29, 0.717) is 11.6 Å². The van der Waals surface area contributed by atoms with Crippen LogP contribution in [0.25, 0.3) is 0 Å². The van der Waals surface area contributed by atoms with Crippen LogP contribution in [-0.2, 0) is 0 Å². The Morgan fingerprint density at radius 1 is 1.28 bits per heavy atom. The van der Waals surface area contributed by atoms with Gasteiger partial charge in [0.05, 0.1) is 0 Å². The molecule has 0 aliphatic heterocycles. The second-order valence-electron chi connectivity index (χ2n) is 6.23. The van der Waals surface area contributed by atoms with Crippen LogP contribution in [0.3, 0.4) is 0 Å². The van der Waals surface area contributed by atoms with E-state index in [0.717, 1.165) is 13.0 Å². The molecule has 1 aliphatic carbocycles. The van der Waals surface area contributed by atoms with E-state index in [4.69, 9.17) is 0 Å². The predicted octanol–water partition coefficient (Wildman–Crippen LogP) is 3.59. The topological polar surface area (TPSA) is 15.3 Å². The molecule has 0 bridgehead atoms. The van der Waals surface area contributed by atoms with E-state index in [2.05, 4.69) is 44.7 Å². The summed E-state index contributed by atoms with van der Waals surface area (Å²) < 4.78 is 0. The molecule has 1 aliphatic rings. The highest BCUT2D eigenvalue weighted by atomic mass is 15.2. The Labute approximate surface area is 114 Å². The third kappa shape index (κ3) is 3.83. The van der Waals surface area contributed by atoms with Gasteiger partial charge >= 0.3 is 0 Å². The first-order valence-corrected chi connectivity index (χ1v) is 7.58. The SMILES string of the molecule is C=C(C)CC(NCCC)C1(N(C)C)CCCCC1. The standard InChI is InChI=1S/C16H32N2/c1-6-12-17-15(13-14(2)3)16(18(4)5)10-8-7-9-11-16/h15,17H,2,6-13H2,1,3-5H3.